The summed E-state index contributed by atoms with van der Waals surface area (Å²) in [5.41, 5.74) is 0. The molecule has 1 fully saturated rings. The van der Waals surface area contributed by atoms with Crippen molar-refractivity contribution in [3.63, 3.8) is 0 Å². The van der Waals surface area contributed by atoms with Crippen LogP contribution in [0.5, 0.6) is 0 Å². The van der Waals surface area contributed by atoms with E-state index in [0.29, 0.717) is 12.8 Å². The molecule has 2 unspecified atom stereocenters. The molecular formula is C8H10Na2O4. The third kappa shape index (κ3) is 4.64. The van der Waals surface area contributed by atoms with E-state index in [-0.39, 0.29) is 59.1 Å². The molecule has 0 aromatic rings. The zero-order valence-electron chi connectivity index (χ0n) is 8.62. The van der Waals surface area contributed by atoms with E-state index in [9.17, 15) is 19.8 Å². The van der Waals surface area contributed by atoms with E-state index in [1.165, 1.54) is 0 Å². The van der Waals surface area contributed by atoms with Crippen molar-refractivity contribution in [2.45, 2.75) is 25.7 Å². The van der Waals surface area contributed by atoms with Crippen LogP contribution in [0, 0.1) is 11.8 Å². The maximum atomic E-state index is 10.5. The summed E-state index contributed by atoms with van der Waals surface area (Å²) in [7, 11) is 0. The van der Waals surface area contributed by atoms with E-state index in [0.717, 1.165) is 12.8 Å². The molecule has 0 aliphatic heterocycles. The Morgan fingerprint density at radius 3 is 1.36 bits per heavy atom. The average Bonchev–Trinajstić information content (AvgIpc) is 2.04. The third-order valence-corrected chi connectivity index (χ3v) is 2.37. The number of carboxylic acids is 2. The van der Waals surface area contributed by atoms with E-state index in [1.54, 1.807) is 0 Å². The molecule has 0 aromatic carbocycles. The van der Waals surface area contributed by atoms with Gasteiger partial charge < -0.3 is 19.8 Å². The molecule has 1 aliphatic rings. The van der Waals surface area contributed by atoms with Gasteiger partial charge in [0, 0.05) is 23.8 Å². The second-order valence-corrected chi connectivity index (χ2v) is 3.14. The standard InChI is InChI=1S/C8H12O4.2Na/c9-7(10)5-3-1-2-4-6(5)8(11)12;;/h5-6H,1-4H2,(H,9,10)(H,11,12);;/q;2*+1/p-2. The normalized spacial score (nSPS) is 25.4. The van der Waals surface area contributed by atoms with Crippen molar-refractivity contribution in [1.82, 2.24) is 0 Å². The van der Waals surface area contributed by atoms with Gasteiger partial charge in [-0.1, -0.05) is 12.8 Å². The quantitative estimate of drug-likeness (QED) is 0.429. The molecule has 2 atom stereocenters. The van der Waals surface area contributed by atoms with Crippen LogP contribution >= 0.6 is 0 Å². The van der Waals surface area contributed by atoms with Gasteiger partial charge in [-0.15, -0.1) is 0 Å². The first-order valence-corrected chi connectivity index (χ1v) is 4.04. The summed E-state index contributed by atoms with van der Waals surface area (Å²) in [4.78, 5) is 20.9. The number of rotatable bonds is 2. The maximum absolute atomic E-state index is 10.5. The summed E-state index contributed by atoms with van der Waals surface area (Å²) in [5, 5.41) is 20.9. The van der Waals surface area contributed by atoms with Gasteiger partial charge in [-0.2, -0.15) is 0 Å². The molecule has 1 rings (SSSR count). The first-order chi connectivity index (χ1) is 5.63. The molecule has 0 amide bonds. The van der Waals surface area contributed by atoms with Gasteiger partial charge in [-0.05, 0) is 12.8 Å². The summed E-state index contributed by atoms with van der Waals surface area (Å²) < 4.78 is 0. The summed E-state index contributed by atoms with van der Waals surface area (Å²) in [5.74, 6) is -4.21. The Hall–Kier alpha value is 0.940. The molecule has 4 nitrogen and oxygen atoms in total. The first-order valence-electron chi connectivity index (χ1n) is 4.04. The smallest absolute Gasteiger partial charge is 0.550 e. The molecule has 6 heteroatoms. The fourth-order valence-corrected chi connectivity index (χ4v) is 1.70. The van der Waals surface area contributed by atoms with Gasteiger partial charge in [0.25, 0.3) is 0 Å². The van der Waals surface area contributed by atoms with Crippen LogP contribution in [-0.2, 0) is 9.59 Å². The maximum Gasteiger partial charge on any atom is 1.00 e. The van der Waals surface area contributed by atoms with Gasteiger partial charge in [-0.3, -0.25) is 0 Å². The number of carbonyl (C=O) groups is 2. The molecule has 0 spiro atoms. The van der Waals surface area contributed by atoms with Crippen LogP contribution in [0.1, 0.15) is 25.7 Å². The van der Waals surface area contributed by atoms with E-state index in [2.05, 4.69) is 0 Å². The van der Waals surface area contributed by atoms with Crippen LogP contribution in [0.3, 0.4) is 0 Å². The summed E-state index contributed by atoms with van der Waals surface area (Å²) in [6, 6.07) is 0. The Labute approximate surface area is 127 Å². The van der Waals surface area contributed by atoms with Gasteiger partial charge >= 0.3 is 59.1 Å². The van der Waals surface area contributed by atoms with Crippen molar-refractivity contribution in [3.8, 4) is 0 Å². The Balaban J connectivity index is 0. The SMILES string of the molecule is O=C([O-])C1CCCCC1C(=O)[O-].[Na+].[Na+]. The van der Waals surface area contributed by atoms with Gasteiger partial charge in [0.2, 0.25) is 0 Å². The van der Waals surface area contributed by atoms with Crippen molar-refractivity contribution >= 4 is 11.9 Å². The third-order valence-electron chi connectivity index (χ3n) is 2.37. The van der Waals surface area contributed by atoms with Crippen LogP contribution < -0.4 is 69.3 Å². The fraction of sp³-hybridized carbons (Fsp3) is 0.750. The van der Waals surface area contributed by atoms with E-state index >= 15 is 0 Å². The molecule has 14 heavy (non-hydrogen) atoms. The van der Waals surface area contributed by atoms with E-state index in [4.69, 9.17) is 0 Å². The Kier molecular flexibility index (Phi) is 10.1. The van der Waals surface area contributed by atoms with Crippen molar-refractivity contribution < 1.29 is 78.9 Å². The Bertz CT molecular complexity index is 186. The fourth-order valence-electron chi connectivity index (χ4n) is 1.70. The van der Waals surface area contributed by atoms with Gasteiger partial charge in [0.1, 0.15) is 0 Å². The van der Waals surface area contributed by atoms with Gasteiger partial charge in [0.15, 0.2) is 0 Å². The molecule has 0 N–H and O–H groups in total. The largest absolute Gasteiger partial charge is 1.00 e. The molecule has 1 aliphatic carbocycles. The molecule has 0 saturated heterocycles. The Morgan fingerprint density at radius 1 is 0.857 bits per heavy atom. The van der Waals surface area contributed by atoms with E-state index in [1.807, 2.05) is 0 Å². The molecule has 68 valence electrons. The summed E-state index contributed by atoms with van der Waals surface area (Å²) in [6.07, 6.45) is 2.34. The van der Waals surface area contributed by atoms with Crippen LogP contribution in [-0.4, -0.2) is 11.9 Å². The summed E-state index contributed by atoms with van der Waals surface area (Å²) in [6.45, 7) is 0. The molecule has 0 bridgehead atoms. The van der Waals surface area contributed by atoms with Crippen molar-refractivity contribution in [3.05, 3.63) is 0 Å². The Morgan fingerprint density at radius 2 is 1.14 bits per heavy atom. The molecule has 0 radical (unpaired) electrons. The van der Waals surface area contributed by atoms with Crippen LogP contribution in [0.15, 0.2) is 0 Å². The van der Waals surface area contributed by atoms with Crippen molar-refractivity contribution in [2.24, 2.45) is 11.8 Å². The minimum atomic E-state index is -1.26. The molecular weight excluding hydrogens is 206 g/mol. The van der Waals surface area contributed by atoms with Gasteiger partial charge in [-0.25, -0.2) is 0 Å². The predicted molar refractivity (Wildman–Crippen MR) is 35.5 cm³/mol. The zero-order chi connectivity index (χ0) is 9.14. The minimum absolute atomic E-state index is 0. The second-order valence-electron chi connectivity index (χ2n) is 3.14. The van der Waals surface area contributed by atoms with Crippen LogP contribution in [0.4, 0.5) is 0 Å². The van der Waals surface area contributed by atoms with Crippen LogP contribution in [0.2, 0.25) is 0 Å². The van der Waals surface area contributed by atoms with Crippen LogP contribution in [0.25, 0.3) is 0 Å². The number of hydrogen-bond donors (Lipinski definition) is 0. The first kappa shape index (κ1) is 17.3. The molecule has 1 saturated carbocycles. The number of carboxylic acid groups (broad SMARTS) is 2. The predicted octanol–water partition coefficient (Wildman–Crippen LogP) is -7.70. The molecule has 0 aromatic heterocycles. The van der Waals surface area contributed by atoms with E-state index < -0.39 is 23.8 Å². The number of aliphatic carboxylic acids is 2. The second kappa shape index (κ2) is 8.13. The topological polar surface area (TPSA) is 80.3 Å². The zero-order valence-corrected chi connectivity index (χ0v) is 12.6. The average molecular weight is 216 g/mol. The number of hydrogen-bond acceptors (Lipinski definition) is 4. The number of carbonyl (C=O) groups excluding carboxylic acids is 2. The van der Waals surface area contributed by atoms with Crippen molar-refractivity contribution in [1.29, 1.82) is 0 Å². The summed E-state index contributed by atoms with van der Waals surface area (Å²) >= 11 is 0. The van der Waals surface area contributed by atoms with Gasteiger partial charge in [0.05, 0.1) is 0 Å². The minimum Gasteiger partial charge on any atom is -0.550 e. The van der Waals surface area contributed by atoms with Crippen molar-refractivity contribution in [2.75, 3.05) is 0 Å². The monoisotopic (exact) mass is 216 g/mol. The molecule has 0 heterocycles.